The monoisotopic (exact) mass is 231 g/mol. The van der Waals surface area contributed by atoms with E-state index in [4.69, 9.17) is 5.11 Å². The number of aromatic hydroxyl groups is 1. The molecule has 1 aromatic carbocycles. The summed E-state index contributed by atoms with van der Waals surface area (Å²) in [5, 5.41) is 18.2. The van der Waals surface area contributed by atoms with Crippen LogP contribution in [0.5, 0.6) is 5.75 Å². The van der Waals surface area contributed by atoms with Crippen LogP contribution < -0.4 is 5.43 Å². The Kier molecular flexibility index (Phi) is 2.66. The molecule has 1 aromatic heterocycles. The van der Waals surface area contributed by atoms with Crippen LogP contribution in [0, 0.1) is 0 Å². The summed E-state index contributed by atoms with van der Waals surface area (Å²) in [6.45, 7) is 0. The average molecular weight is 231 g/mol. The fourth-order valence-electron chi connectivity index (χ4n) is 1.46. The Hall–Kier alpha value is -2.56. The van der Waals surface area contributed by atoms with E-state index >= 15 is 0 Å². The number of hydrogen-bond acceptors (Lipinski definition) is 3. The summed E-state index contributed by atoms with van der Waals surface area (Å²) < 4.78 is 1.39. The molecule has 0 radical (unpaired) electrons. The summed E-state index contributed by atoms with van der Waals surface area (Å²) in [6, 6.07) is 8.81. The maximum atomic E-state index is 11.3. The lowest BCUT2D eigenvalue weighted by atomic mass is 10.2. The summed E-state index contributed by atoms with van der Waals surface area (Å²) >= 11 is 0. The zero-order valence-corrected chi connectivity index (χ0v) is 8.70. The van der Waals surface area contributed by atoms with Gasteiger partial charge in [-0.2, -0.15) is 0 Å². The van der Waals surface area contributed by atoms with Crippen molar-refractivity contribution in [3.8, 4) is 11.4 Å². The summed E-state index contributed by atoms with van der Waals surface area (Å²) in [5.41, 5.74) is -0.691. The molecule has 0 fully saturated rings. The molecule has 0 saturated carbocycles. The smallest absolute Gasteiger partial charge is 0.341 e. The maximum Gasteiger partial charge on any atom is 0.341 e. The van der Waals surface area contributed by atoms with Crippen LogP contribution in [0.25, 0.3) is 5.69 Å². The number of pyridine rings is 1. The van der Waals surface area contributed by atoms with Crippen LogP contribution >= 0.6 is 0 Å². The number of carboxylic acid groups (broad SMARTS) is 1. The molecular weight excluding hydrogens is 222 g/mol. The third-order valence-corrected chi connectivity index (χ3v) is 2.29. The molecule has 5 heteroatoms. The van der Waals surface area contributed by atoms with Crippen molar-refractivity contribution in [3.05, 3.63) is 58.5 Å². The first kappa shape index (κ1) is 10.9. The second-order valence-electron chi connectivity index (χ2n) is 3.43. The van der Waals surface area contributed by atoms with Gasteiger partial charge in [0.25, 0.3) is 0 Å². The first-order valence-corrected chi connectivity index (χ1v) is 4.83. The van der Waals surface area contributed by atoms with E-state index in [-0.39, 0.29) is 0 Å². The Morgan fingerprint density at radius 1 is 1.12 bits per heavy atom. The van der Waals surface area contributed by atoms with Gasteiger partial charge in [0.05, 0.1) is 6.20 Å². The van der Waals surface area contributed by atoms with E-state index in [9.17, 15) is 14.7 Å². The van der Waals surface area contributed by atoms with Crippen molar-refractivity contribution in [3.63, 3.8) is 0 Å². The van der Waals surface area contributed by atoms with Crippen molar-refractivity contribution >= 4 is 5.97 Å². The molecule has 17 heavy (non-hydrogen) atoms. The molecule has 2 aromatic rings. The van der Waals surface area contributed by atoms with E-state index < -0.39 is 22.7 Å². The highest BCUT2D eigenvalue weighted by Crippen LogP contribution is 2.11. The molecule has 0 bridgehead atoms. The fourth-order valence-corrected chi connectivity index (χ4v) is 1.46. The number of hydrogen-bond donors (Lipinski definition) is 2. The Bertz CT molecular complexity index is 616. The molecule has 2 N–H and O–H groups in total. The molecular formula is C12H9NO4. The summed E-state index contributed by atoms with van der Waals surface area (Å²) in [6.07, 6.45) is 2.36. The SMILES string of the molecule is O=C(O)c1cn(-c2ccccc2)cc(O)c1=O. The van der Waals surface area contributed by atoms with Gasteiger partial charge in [0.1, 0.15) is 5.56 Å². The molecule has 2 rings (SSSR count). The zero-order valence-electron chi connectivity index (χ0n) is 8.70. The molecule has 1 heterocycles. The number of para-hydroxylation sites is 1. The van der Waals surface area contributed by atoms with Gasteiger partial charge in [0.2, 0.25) is 5.43 Å². The van der Waals surface area contributed by atoms with Gasteiger partial charge in [0.15, 0.2) is 5.75 Å². The van der Waals surface area contributed by atoms with Crippen molar-refractivity contribution in [1.29, 1.82) is 0 Å². The van der Waals surface area contributed by atoms with Crippen molar-refractivity contribution in [2.24, 2.45) is 0 Å². The highest BCUT2D eigenvalue weighted by atomic mass is 16.4. The topological polar surface area (TPSA) is 79.5 Å². The average Bonchev–Trinajstić information content (AvgIpc) is 2.33. The predicted octanol–water partition coefficient (Wildman–Crippen LogP) is 1.24. The van der Waals surface area contributed by atoms with Crippen LogP contribution in [0.1, 0.15) is 10.4 Å². The van der Waals surface area contributed by atoms with Crippen molar-refractivity contribution in [1.82, 2.24) is 4.57 Å². The normalized spacial score (nSPS) is 10.1. The lowest BCUT2D eigenvalue weighted by Crippen LogP contribution is -2.16. The predicted molar refractivity (Wildman–Crippen MR) is 60.7 cm³/mol. The highest BCUT2D eigenvalue weighted by molar-refractivity contribution is 5.87. The van der Waals surface area contributed by atoms with Gasteiger partial charge in [-0.3, -0.25) is 4.79 Å². The second kappa shape index (κ2) is 4.13. The molecule has 86 valence electrons. The Morgan fingerprint density at radius 2 is 1.76 bits per heavy atom. The summed E-state index contributed by atoms with van der Waals surface area (Å²) in [5.74, 6) is -1.95. The minimum absolute atomic E-state index is 0.464. The largest absolute Gasteiger partial charge is 0.503 e. The van der Waals surface area contributed by atoms with E-state index in [1.807, 2.05) is 6.07 Å². The lowest BCUT2D eigenvalue weighted by Gasteiger charge is -2.07. The van der Waals surface area contributed by atoms with Crippen LogP contribution in [-0.2, 0) is 0 Å². The molecule has 0 saturated heterocycles. The number of rotatable bonds is 2. The van der Waals surface area contributed by atoms with Gasteiger partial charge < -0.3 is 14.8 Å². The maximum absolute atomic E-state index is 11.3. The minimum atomic E-state index is -1.37. The van der Waals surface area contributed by atoms with Crippen LogP contribution in [-0.4, -0.2) is 20.7 Å². The fraction of sp³-hybridized carbons (Fsp3) is 0. The van der Waals surface area contributed by atoms with E-state index in [1.165, 1.54) is 17.0 Å². The number of nitrogens with zero attached hydrogens (tertiary/aromatic N) is 1. The van der Waals surface area contributed by atoms with E-state index in [0.717, 1.165) is 0 Å². The van der Waals surface area contributed by atoms with E-state index in [1.54, 1.807) is 24.3 Å². The number of carboxylic acids is 1. The first-order chi connectivity index (χ1) is 8.09. The number of carbonyl (C=O) groups is 1. The van der Waals surface area contributed by atoms with E-state index in [0.29, 0.717) is 5.69 Å². The van der Waals surface area contributed by atoms with Crippen LogP contribution in [0.3, 0.4) is 0 Å². The summed E-state index contributed by atoms with van der Waals surface area (Å²) in [4.78, 5) is 22.2. The first-order valence-electron chi connectivity index (χ1n) is 4.83. The van der Waals surface area contributed by atoms with Crippen LogP contribution in [0.4, 0.5) is 0 Å². The molecule has 0 aliphatic rings. The van der Waals surface area contributed by atoms with Gasteiger partial charge in [-0.25, -0.2) is 4.79 Å². The number of benzene rings is 1. The van der Waals surface area contributed by atoms with Gasteiger partial charge in [-0.05, 0) is 12.1 Å². The zero-order chi connectivity index (χ0) is 12.4. The van der Waals surface area contributed by atoms with Crippen molar-refractivity contribution < 1.29 is 15.0 Å². The molecule has 0 atom stereocenters. The third-order valence-electron chi connectivity index (χ3n) is 2.29. The highest BCUT2D eigenvalue weighted by Gasteiger charge is 2.13. The van der Waals surface area contributed by atoms with Crippen LogP contribution in [0.2, 0.25) is 0 Å². The van der Waals surface area contributed by atoms with E-state index in [2.05, 4.69) is 0 Å². The third kappa shape index (κ3) is 2.03. The second-order valence-corrected chi connectivity index (χ2v) is 3.43. The summed E-state index contributed by atoms with van der Waals surface area (Å²) in [7, 11) is 0. The standard InChI is InChI=1S/C12H9NO4/c14-10-7-13(8-4-2-1-3-5-8)6-9(11(10)15)12(16)17/h1-7,14H,(H,16,17). The Balaban J connectivity index is 2.66. The van der Waals surface area contributed by atoms with Gasteiger partial charge in [-0.15, -0.1) is 0 Å². The van der Waals surface area contributed by atoms with Crippen molar-refractivity contribution in [2.45, 2.75) is 0 Å². The van der Waals surface area contributed by atoms with Crippen LogP contribution in [0.15, 0.2) is 47.5 Å². The minimum Gasteiger partial charge on any atom is -0.503 e. The lowest BCUT2D eigenvalue weighted by molar-refractivity contribution is 0.0694. The molecule has 0 amide bonds. The number of aromatic nitrogens is 1. The molecule has 0 unspecified atom stereocenters. The Labute approximate surface area is 96.2 Å². The van der Waals surface area contributed by atoms with Gasteiger partial charge >= 0.3 is 5.97 Å². The molecule has 0 spiro atoms. The number of aromatic carboxylic acids is 1. The van der Waals surface area contributed by atoms with Gasteiger partial charge in [-0.1, -0.05) is 18.2 Å². The molecule has 5 nitrogen and oxygen atoms in total. The Morgan fingerprint density at radius 3 is 2.35 bits per heavy atom. The van der Waals surface area contributed by atoms with Gasteiger partial charge in [0, 0.05) is 11.9 Å². The van der Waals surface area contributed by atoms with Crippen molar-refractivity contribution in [2.75, 3.05) is 0 Å². The quantitative estimate of drug-likeness (QED) is 0.814. The molecule has 0 aliphatic carbocycles. The molecule has 0 aliphatic heterocycles.